The van der Waals surface area contributed by atoms with E-state index in [0.29, 0.717) is 19.6 Å². The van der Waals surface area contributed by atoms with Gasteiger partial charge in [-0.15, -0.1) is 6.58 Å². The molecule has 7 aliphatic carbocycles. The normalized spacial score (nSPS) is 39.6. The highest BCUT2D eigenvalue weighted by atomic mass is 28.6. The summed E-state index contributed by atoms with van der Waals surface area (Å²) in [7, 11) is -36.5. The van der Waals surface area contributed by atoms with Crippen LogP contribution in [-0.4, -0.2) is 118 Å². The van der Waals surface area contributed by atoms with Crippen molar-refractivity contribution in [3.63, 3.8) is 0 Å². The first kappa shape index (κ1) is 63.8. The van der Waals surface area contributed by atoms with Crippen molar-refractivity contribution in [2.24, 2.45) is 0 Å². The first-order valence-corrected chi connectivity index (χ1v) is 53.4. The predicted octanol–water partition coefficient (Wildman–Crippen LogP) is 15.3. The molecule has 0 aromatic heterocycles. The Morgan fingerprint density at radius 1 is 0.444 bits per heavy atom. The SMILES string of the molecule is C=CCc1cc(C(C)(C)c2ccc(OCC3CO3)c(CCC[Si](C)(C)O[Si]34O[Si]5(C6CCCC6)O[Si]6(C7CCCC7)O[Si](C7CCCC7)(O3)O[Si]3(C7CCCC7)O[Si](C7CCCC7)(O4)O[Si](C4CCCC4)(O5)O[Si](C4CCCC4)(O6)O3)c2)ccc1OCC1CO1. The quantitative estimate of drug-likeness (QED) is 0.0586. The number of aryl methyl sites for hydroxylation is 1. The van der Waals surface area contributed by atoms with Crippen LogP contribution in [0.3, 0.4) is 0 Å². The fourth-order valence-corrected chi connectivity index (χ4v) is 77.3. The van der Waals surface area contributed by atoms with Gasteiger partial charge in [-0.3, -0.25) is 0 Å². The van der Waals surface area contributed by atoms with Crippen molar-refractivity contribution >= 4 is 79.0 Å². The van der Waals surface area contributed by atoms with Gasteiger partial charge in [0.15, 0.2) is 8.32 Å². The first-order valence-electron chi connectivity index (χ1n) is 36.1. The zero-order chi connectivity index (χ0) is 61.1. The van der Waals surface area contributed by atoms with Crippen LogP contribution in [0, 0.1) is 0 Å². The van der Waals surface area contributed by atoms with Gasteiger partial charge in [0.05, 0.1) is 13.2 Å². The highest BCUT2D eigenvalue weighted by Gasteiger charge is 2.89. The highest BCUT2D eigenvalue weighted by Crippen LogP contribution is 2.66. The lowest BCUT2D eigenvalue weighted by Crippen LogP contribution is -2.91. The van der Waals surface area contributed by atoms with Gasteiger partial charge in [0.2, 0.25) is 0 Å². The van der Waals surface area contributed by atoms with E-state index in [-0.39, 0.29) is 56.4 Å². The third-order valence-electron chi connectivity index (χ3n) is 23.6. The third kappa shape index (κ3) is 12.0. The molecule has 26 heteroatoms. The van der Waals surface area contributed by atoms with E-state index in [0.717, 1.165) is 229 Å². The topological polar surface area (TPSA) is 164 Å². The Bertz CT molecular complexity index is 2740. The van der Waals surface area contributed by atoms with Crippen molar-refractivity contribution in [1.82, 2.24) is 0 Å². The van der Waals surface area contributed by atoms with Crippen LogP contribution >= 0.6 is 0 Å². The summed E-state index contributed by atoms with van der Waals surface area (Å²) in [6.07, 6.45) is 32.3. The van der Waals surface area contributed by atoms with Crippen molar-refractivity contribution in [2.45, 2.75) is 288 Å². The molecule has 2 unspecified atom stereocenters. The van der Waals surface area contributed by atoms with Gasteiger partial charge in [0.1, 0.15) is 36.9 Å². The number of allylic oxidation sites excluding steroid dienone is 1. The smallest absolute Gasteiger partial charge is 0.491 e. The molecule has 0 N–H and O–H groups in total. The molecular weight excluding hydrogens is 1290 g/mol. The van der Waals surface area contributed by atoms with E-state index in [2.05, 4.69) is 69.9 Å². The lowest BCUT2D eigenvalue weighted by molar-refractivity contribution is -0.0610. The van der Waals surface area contributed by atoms with Gasteiger partial charge in [0.25, 0.3) is 0 Å². The molecule has 17 nitrogen and oxygen atoms in total. The molecule has 17 rings (SSSR count). The van der Waals surface area contributed by atoms with E-state index in [1.807, 2.05) is 6.08 Å². The molecule has 15 fully saturated rings. The number of benzene rings is 2. The molecular formula is C64H102O17Si9. The number of rotatable bonds is 23. The van der Waals surface area contributed by atoms with Gasteiger partial charge in [-0.1, -0.05) is 134 Å². The minimum absolute atomic E-state index is 0.0149. The Morgan fingerprint density at radius 2 is 0.733 bits per heavy atom. The van der Waals surface area contributed by atoms with Crippen LogP contribution in [0.15, 0.2) is 49.1 Å². The molecule has 2 aromatic rings. The molecule has 8 saturated heterocycles. The van der Waals surface area contributed by atoms with Gasteiger partial charge in [-0.2, -0.15) is 0 Å². The minimum atomic E-state index is -4.68. The molecule has 0 spiro atoms. The first-order chi connectivity index (χ1) is 43.6. The minimum Gasteiger partial charge on any atom is -0.491 e. The summed E-state index contributed by atoms with van der Waals surface area (Å²) in [5.74, 6) is 1.79. The maximum Gasteiger partial charge on any atom is 0.646 e. The molecule has 8 aliphatic heterocycles. The second-order valence-corrected chi connectivity index (χ2v) is 60.6. The Hall–Kier alpha value is -0.868. The standard InChI is InChI=1S/C64H102O17Si9/c1-6-22-49-43-51(38-40-62(49)67-47-53-45-65-53)64(2,3)52-39-41-63(68-48-54-46-66-54)50(44-52)23-21-42-82(4,5)69-90-79-87(59-32-15-16-33-59)73-84(56-26-9-10-27-56)70-83(55-24-7-8-25-55)71-85(75-87,57-28-11-12-29-57)77-89(81-90,61-36-19-20-37-61)78-86(72-83,58-30-13-14-31-58)76-88(74-84,80-90)60-34-17-18-35-60/h6,38-41,43-44,53-61H,1,7-37,42,45-48H2,2-5H3. The van der Waals surface area contributed by atoms with Crippen LogP contribution in [0.5, 0.6) is 11.5 Å². The third-order valence-corrected chi connectivity index (χ3v) is 66.3. The van der Waals surface area contributed by atoms with Crippen LogP contribution in [0.1, 0.15) is 222 Å². The number of epoxide rings is 2. The second-order valence-electron chi connectivity index (χ2n) is 30.8. The molecule has 496 valence electrons. The Morgan fingerprint density at radius 3 is 1.03 bits per heavy atom. The molecule has 8 bridgehead atoms. The van der Waals surface area contributed by atoms with Gasteiger partial charge < -0.3 is 72.4 Å². The van der Waals surface area contributed by atoms with Crippen molar-refractivity contribution < 1.29 is 72.4 Å². The lowest BCUT2D eigenvalue weighted by Gasteiger charge is -2.66. The van der Waals surface area contributed by atoms with Crippen molar-refractivity contribution in [3.8, 4) is 11.5 Å². The van der Waals surface area contributed by atoms with E-state index < -0.39 is 79.0 Å². The number of hydrogen-bond donors (Lipinski definition) is 0. The van der Waals surface area contributed by atoms with Gasteiger partial charge in [-0.05, 0) is 163 Å². The Kier molecular flexibility index (Phi) is 17.6. The van der Waals surface area contributed by atoms with Crippen LogP contribution in [0.25, 0.3) is 0 Å². The molecule has 0 radical (unpaired) electrons. The van der Waals surface area contributed by atoms with Crippen LogP contribution in [-0.2, 0) is 81.2 Å². The molecule has 90 heavy (non-hydrogen) atoms. The average Bonchev–Trinajstić information content (AvgIpc) is 0.908. The summed E-state index contributed by atoms with van der Waals surface area (Å²) >= 11 is 0. The highest BCUT2D eigenvalue weighted by molar-refractivity contribution is 7.04. The maximum absolute atomic E-state index is 8.66. The van der Waals surface area contributed by atoms with E-state index in [1.165, 1.54) is 16.7 Å². The van der Waals surface area contributed by atoms with Crippen molar-refractivity contribution in [1.29, 1.82) is 0 Å². The molecule has 15 aliphatic rings. The molecule has 0 amide bonds. The second kappa shape index (κ2) is 24.8. The molecule has 2 atom stereocenters. The average molecular weight is 1400 g/mol. The van der Waals surface area contributed by atoms with Gasteiger partial charge in [-0.25, -0.2) is 0 Å². The summed E-state index contributed by atoms with van der Waals surface area (Å²) in [5.41, 5.74) is 4.12. The molecule has 7 saturated carbocycles. The van der Waals surface area contributed by atoms with Crippen molar-refractivity contribution in [2.75, 3.05) is 26.4 Å². The zero-order valence-electron chi connectivity index (χ0n) is 54.3. The summed E-state index contributed by atoms with van der Waals surface area (Å²) in [6.45, 7) is 16.0. The zero-order valence-corrected chi connectivity index (χ0v) is 63.3. The number of ether oxygens (including phenoxy) is 4. The predicted molar refractivity (Wildman–Crippen MR) is 356 cm³/mol. The molecule has 2 aromatic carbocycles. The summed E-state index contributed by atoms with van der Waals surface area (Å²) < 4.78 is 136. The number of hydrogen-bond acceptors (Lipinski definition) is 17. The van der Waals surface area contributed by atoms with Crippen molar-refractivity contribution in [3.05, 3.63) is 71.3 Å². The maximum atomic E-state index is 8.66. The van der Waals surface area contributed by atoms with Gasteiger partial charge >= 0.3 is 70.7 Å². The van der Waals surface area contributed by atoms with Crippen LogP contribution in [0.2, 0.25) is 57.9 Å². The molecule has 8 heterocycles. The van der Waals surface area contributed by atoms with Crippen LogP contribution < -0.4 is 9.47 Å². The van der Waals surface area contributed by atoms with E-state index in [1.54, 1.807) is 0 Å². The van der Waals surface area contributed by atoms with E-state index in [9.17, 15) is 0 Å². The van der Waals surface area contributed by atoms with E-state index in [4.69, 9.17) is 72.4 Å². The monoisotopic (exact) mass is 1390 g/mol. The summed E-state index contributed by atoms with van der Waals surface area (Å²) in [4.78, 5) is 0. The summed E-state index contributed by atoms with van der Waals surface area (Å²) in [5, 5.41) is 0. The fraction of sp³-hybridized carbons (Fsp3) is 0.781. The Labute approximate surface area is 545 Å². The lowest BCUT2D eigenvalue weighted by atomic mass is 9.76. The van der Waals surface area contributed by atoms with Crippen LogP contribution in [0.4, 0.5) is 0 Å². The van der Waals surface area contributed by atoms with Gasteiger partial charge in [0, 0.05) is 44.2 Å². The van der Waals surface area contributed by atoms with E-state index >= 15 is 0 Å². The Balaban J connectivity index is 0.819. The fourth-order valence-electron chi connectivity index (χ4n) is 18.3. The largest absolute Gasteiger partial charge is 0.646 e. The summed E-state index contributed by atoms with van der Waals surface area (Å²) in [6, 6.07) is 14.2.